The molecule has 1 atom stereocenters. The van der Waals surface area contributed by atoms with E-state index in [-0.39, 0.29) is 5.02 Å². The Kier molecular flexibility index (Phi) is 5.17. The molecule has 0 spiro atoms. The van der Waals surface area contributed by atoms with Crippen LogP contribution in [-0.2, 0) is 10.0 Å². The summed E-state index contributed by atoms with van der Waals surface area (Å²) in [6.45, 7) is 1.03. The van der Waals surface area contributed by atoms with Crippen LogP contribution >= 0.6 is 23.2 Å². The standard InChI is InChI=1S/C10H11Cl2NO5S/c1-5(4-14)13-19(17,18)8-3-6(11)2-7(9(8)12)10(15)16/h2-3,5,13-14H,4H2,1H3,(H,15,16)/t5-/m0/s1. The number of aliphatic hydroxyl groups is 1. The molecule has 1 rings (SSSR count). The second-order valence-corrected chi connectivity index (χ2v) is 6.27. The number of benzene rings is 1. The topological polar surface area (TPSA) is 104 Å². The highest BCUT2D eigenvalue weighted by Crippen LogP contribution is 2.29. The minimum absolute atomic E-state index is 0.0705. The summed E-state index contributed by atoms with van der Waals surface area (Å²) in [5, 5.41) is 17.2. The van der Waals surface area contributed by atoms with Crippen LogP contribution < -0.4 is 4.72 Å². The Morgan fingerprint density at radius 3 is 2.47 bits per heavy atom. The summed E-state index contributed by atoms with van der Waals surface area (Å²) in [4.78, 5) is 10.5. The average molecular weight is 328 g/mol. The predicted octanol–water partition coefficient (Wildman–Crippen LogP) is 1.35. The molecule has 0 radical (unpaired) electrons. The van der Waals surface area contributed by atoms with Gasteiger partial charge in [0.2, 0.25) is 10.0 Å². The Hall–Kier alpha value is -0.860. The Labute approximate surface area is 120 Å². The van der Waals surface area contributed by atoms with Crippen LogP contribution in [0.3, 0.4) is 0 Å². The highest BCUT2D eigenvalue weighted by Gasteiger charge is 2.24. The van der Waals surface area contributed by atoms with Crippen molar-refractivity contribution < 1.29 is 23.4 Å². The molecule has 0 aliphatic rings. The minimum Gasteiger partial charge on any atom is -0.478 e. The first-order chi connectivity index (χ1) is 8.69. The van der Waals surface area contributed by atoms with Crippen molar-refractivity contribution >= 4 is 39.2 Å². The van der Waals surface area contributed by atoms with E-state index in [0.717, 1.165) is 12.1 Å². The fourth-order valence-electron chi connectivity index (χ4n) is 1.28. The zero-order chi connectivity index (χ0) is 14.8. The molecule has 3 N–H and O–H groups in total. The maximum absolute atomic E-state index is 12.0. The molecular formula is C10H11Cl2NO5S. The van der Waals surface area contributed by atoms with Crippen molar-refractivity contribution in [2.75, 3.05) is 6.61 Å². The number of carboxylic acids is 1. The lowest BCUT2D eigenvalue weighted by Gasteiger charge is -2.13. The van der Waals surface area contributed by atoms with Crippen LogP contribution in [0.2, 0.25) is 10.0 Å². The molecule has 19 heavy (non-hydrogen) atoms. The van der Waals surface area contributed by atoms with Gasteiger partial charge in [-0.1, -0.05) is 23.2 Å². The van der Waals surface area contributed by atoms with E-state index in [0.29, 0.717) is 0 Å². The van der Waals surface area contributed by atoms with Crippen molar-refractivity contribution in [2.45, 2.75) is 17.9 Å². The monoisotopic (exact) mass is 327 g/mol. The molecule has 0 fully saturated rings. The van der Waals surface area contributed by atoms with Crippen molar-refractivity contribution in [1.29, 1.82) is 0 Å². The van der Waals surface area contributed by atoms with Crippen LogP contribution in [-0.4, -0.2) is 37.2 Å². The first kappa shape index (κ1) is 16.2. The SMILES string of the molecule is C[C@@H](CO)NS(=O)(=O)c1cc(Cl)cc(C(=O)O)c1Cl. The van der Waals surface area contributed by atoms with E-state index >= 15 is 0 Å². The van der Waals surface area contributed by atoms with E-state index in [1.165, 1.54) is 6.92 Å². The highest BCUT2D eigenvalue weighted by molar-refractivity contribution is 7.89. The number of carbonyl (C=O) groups is 1. The van der Waals surface area contributed by atoms with E-state index in [2.05, 4.69) is 4.72 Å². The number of hydrogen-bond acceptors (Lipinski definition) is 4. The van der Waals surface area contributed by atoms with E-state index in [1.54, 1.807) is 0 Å². The zero-order valence-corrected chi connectivity index (χ0v) is 12.1. The molecule has 0 aromatic heterocycles. The van der Waals surface area contributed by atoms with Gasteiger partial charge in [0.05, 0.1) is 17.2 Å². The van der Waals surface area contributed by atoms with Crippen molar-refractivity contribution in [3.05, 3.63) is 27.7 Å². The van der Waals surface area contributed by atoms with Gasteiger partial charge < -0.3 is 10.2 Å². The Morgan fingerprint density at radius 1 is 1.42 bits per heavy atom. The van der Waals surface area contributed by atoms with E-state index < -0.39 is 44.1 Å². The maximum Gasteiger partial charge on any atom is 0.337 e. The number of rotatable bonds is 5. The number of sulfonamides is 1. The molecule has 0 saturated carbocycles. The fourth-order valence-corrected chi connectivity index (χ4v) is 3.42. The van der Waals surface area contributed by atoms with Crippen LogP contribution in [0, 0.1) is 0 Å². The van der Waals surface area contributed by atoms with Gasteiger partial charge in [-0.2, -0.15) is 0 Å². The summed E-state index contributed by atoms with van der Waals surface area (Å²) >= 11 is 11.4. The third-order valence-corrected chi connectivity index (χ3v) is 4.51. The van der Waals surface area contributed by atoms with Crippen LogP contribution in [0.1, 0.15) is 17.3 Å². The van der Waals surface area contributed by atoms with Crippen molar-refractivity contribution in [3.63, 3.8) is 0 Å². The maximum atomic E-state index is 12.0. The fraction of sp³-hybridized carbons (Fsp3) is 0.300. The van der Waals surface area contributed by atoms with Gasteiger partial charge in [-0.05, 0) is 19.1 Å². The summed E-state index contributed by atoms with van der Waals surface area (Å²) in [6.07, 6.45) is 0. The van der Waals surface area contributed by atoms with Crippen LogP contribution in [0.5, 0.6) is 0 Å². The first-order valence-corrected chi connectivity index (χ1v) is 7.28. The zero-order valence-electron chi connectivity index (χ0n) is 9.72. The van der Waals surface area contributed by atoms with Gasteiger partial charge in [0.15, 0.2) is 0 Å². The first-order valence-electron chi connectivity index (χ1n) is 5.04. The molecule has 0 amide bonds. The smallest absolute Gasteiger partial charge is 0.337 e. The summed E-state index contributed by atoms with van der Waals surface area (Å²) in [5.74, 6) is -1.39. The van der Waals surface area contributed by atoms with Crippen molar-refractivity contribution in [3.8, 4) is 0 Å². The van der Waals surface area contributed by atoms with Crippen molar-refractivity contribution in [1.82, 2.24) is 4.72 Å². The van der Waals surface area contributed by atoms with Crippen LogP contribution in [0.15, 0.2) is 17.0 Å². The average Bonchev–Trinajstić information content (AvgIpc) is 2.30. The van der Waals surface area contributed by atoms with E-state index in [9.17, 15) is 13.2 Å². The molecule has 106 valence electrons. The highest BCUT2D eigenvalue weighted by atomic mass is 35.5. The number of halogens is 2. The molecule has 0 heterocycles. The molecular weight excluding hydrogens is 317 g/mol. The summed E-state index contributed by atoms with van der Waals surface area (Å²) < 4.78 is 26.1. The predicted molar refractivity (Wildman–Crippen MR) is 70.3 cm³/mol. The molecule has 0 bridgehead atoms. The van der Waals surface area contributed by atoms with Gasteiger partial charge in [0.25, 0.3) is 0 Å². The normalized spacial score (nSPS) is 13.3. The van der Waals surface area contributed by atoms with Gasteiger partial charge in [-0.25, -0.2) is 17.9 Å². The number of nitrogens with one attached hydrogen (secondary N) is 1. The summed E-state index contributed by atoms with van der Waals surface area (Å²) in [5.41, 5.74) is -0.411. The molecule has 6 nitrogen and oxygen atoms in total. The lowest BCUT2D eigenvalue weighted by atomic mass is 10.2. The largest absolute Gasteiger partial charge is 0.478 e. The molecule has 1 aromatic carbocycles. The van der Waals surface area contributed by atoms with E-state index in [4.69, 9.17) is 33.4 Å². The second kappa shape index (κ2) is 6.06. The Morgan fingerprint density at radius 2 is 2.00 bits per heavy atom. The number of hydrogen-bond donors (Lipinski definition) is 3. The van der Waals surface area contributed by atoms with Gasteiger partial charge in [0.1, 0.15) is 4.90 Å². The minimum atomic E-state index is -4.07. The van der Waals surface area contributed by atoms with Gasteiger partial charge in [0, 0.05) is 11.1 Å². The van der Waals surface area contributed by atoms with Gasteiger partial charge in [-0.3, -0.25) is 0 Å². The molecule has 0 unspecified atom stereocenters. The number of carboxylic acid groups (broad SMARTS) is 1. The Bertz CT molecular complexity index is 602. The molecule has 9 heteroatoms. The molecule has 0 aliphatic heterocycles. The number of aliphatic hydroxyl groups excluding tert-OH is 1. The third kappa shape index (κ3) is 3.80. The molecule has 1 aromatic rings. The van der Waals surface area contributed by atoms with Crippen LogP contribution in [0.4, 0.5) is 0 Å². The molecule has 0 saturated heterocycles. The van der Waals surface area contributed by atoms with Crippen molar-refractivity contribution in [2.24, 2.45) is 0 Å². The number of aromatic carboxylic acids is 1. The molecule has 0 aliphatic carbocycles. The van der Waals surface area contributed by atoms with Gasteiger partial charge >= 0.3 is 5.97 Å². The van der Waals surface area contributed by atoms with E-state index in [1.807, 2.05) is 0 Å². The second-order valence-electron chi connectivity index (χ2n) is 3.78. The summed E-state index contributed by atoms with van der Waals surface area (Å²) in [7, 11) is -4.07. The lowest BCUT2D eigenvalue weighted by Crippen LogP contribution is -2.35. The lowest BCUT2D eigenvalue weighted by molar-refractivity contribution is 0.0697. The third-order valence-electron chi connectivity index (χ3n) is 2.15. The Balaban J connectivity index is 3.39. The van der Waals surface area contributed by atoms with Crippen LogP contribution in [0.25, 0.3) is 0 Å². The quantitative estimate of drug-likeness (QED) is 0.757. The summed E-state index contributed by atoms with van der Waals surface area (Å²) in [6, 6.07) is 1.36. The van der Waals surface area contributed by atoms with Gasteiger partial charge in [-0.15, -0.1) is 0 Å².